The molecule has 0 bridgehead atoms. The zero-order chi connectivity index (χ0) is 14.1. The average molecular weight is 271 g/mol. The molecule has 0 radical (unpaired) electrons. The van der Waals surface area contributed by atoms with Crippen LogP contribution < -0.4 is 0 Å². The lowest BCUT2D eigenvalue weighted by Crippen LogP contribution is -2.04. The van der Waals surface area contributed by atoms with E-state index < -0.39 is 5.97 Å². The van der Waals surface area contributed by atoms with Crippen LogP contribution in [0.25, 0.3) is 16.8 Å². The van der Waals surface area contributed by atoms with Gasteiger partial charge in [0.25, 0.3) is 0 Å². The number of aromatic nitrogens is 5. The van der Waals surface area contributed by atoms with Gasteiger partial charge in [0, 0.05) is 18.8 Å². The van der Waals surface area contributed by atoms with E-state index in [4.69, 9.17) is 4.74 Å². The number of hydrogen-bond donors (Lipinski definition) is 0. The predicted octanol–water partition coefficient (Wildman–Crippen LogP) is 1.31. The Morgan fingerprint density at radius 3 is 2.80 bits per heavy atom. The van der Waals surface area contributed by atoms with E-state index in [0.717, 1.165) is 11.3 Å². The summed E-state index contributed by atoms with van der Waals surface area (Å²) in [6.45, 7) is 2.10. The second kappa shape index (κ2) is 4.76. The fraction of sp³-hybridized carbons (Fsp3) is 0.231. The molecule has 0 N–H and O–H groups in total. The molecular formula is C13H13N5O2. The van der Waals surface area contributed by atoms with Crippen LogP contribution in [0, 0.1) is 0 Å². The van der Waals surface area contributed by atoms with E-state index >= 15 is 0 Å². The van der Waals surface area contributed by atoms with Gasteiger partial charge in [-0.2, -0.15) is 10.2 Å². The number of ether oxygens (including phenoxy) is 1. The molecule has 3 aromatic rings. The Kier molecular flexibility index (Phi) is 2.94. The summed E-state index contributed by atoms with van der Waals surface area (Å²) in [5.74, 6) is -0.390. The van der Waals surface area contributed by atoms with Crippen molar-refractivity contribution in [2.75, 3.05) is 6.61 Å². The molecule has 0 aliphatic rings. The first-order chi connectivity index (χ1) is 9.69. The molecule has 0 spiro atoms. The van der Waals surface area contributed by atoms with Gasteiger partial charge in [0.2, 0.25) is 0 Å². The Morgan fingerprint density at radius 1 is 1.25 bits per heavy atom. The van der Waals surface area contributed by atoms with Gasteiger partial charge in [-0.1, -0.05) is 0 Å². The number of esters is 1. The number of fused-ring (bicyclic) bond motifs is 1. The minimum Gasteiger partial charge on any atom is -0.462 e. The Morgan fingerprint density at radius 2 is 2.10 bits per heavy atom. The van der Waals surface area contributed by atoms with Crippen molar-refractivity contribution in [2.45, 2.75) is 6.92 Å². The van der Waals surface area contributed by atoms with Crippen LogP contribution in [0.3, 0.4) is 0 Å². The average Bonchev–Trinajstić information content (AvgIpc) is 3.04. The van der Waals surface area contributed by atoms with Crippen LogP contribution in [0.4, 0.5) is 0 Å². The predicted molar refractivity (Wildman–Crippen MR) is 71.1 cm³/mol. The molecule has 102 valence electrons. The Hall–Kier alpha value is -2.70. The van der Waals surface area contributed by atoms with Gasteiger partial charge in [-0.05, 0) is 6.92 Å². The number of aryl methyl sites for hydroxylation is 1. The summed E-state index contributed by atoms with van der Waals surface area (Å²) in [7, 11) is 1.84. The van der Waals surface area contributed by atoms with Crippen molar-refractivity contribution in [1.29, 1.82) is 0 Å². The van der Waals surface area contributed by atoms with E-state index in [1.165, 1.54) is 6.20 Å². The lowest BCUT2D eigenvalue weighted by Gasteiger charge is -2.01. The van der Waals surface area contributed by atoms with E-state index in [2.05, 4.69) is 15.2 Å². The van der Waals surface area contributed by atoms with Gasteiger partial charge in [-0.25, -0.2) is 9.31 Å². The third-order valence-electron chi connectivity index (χ3n) is 2.90. The fourth-order valence-electron chi connectivity index (χ4n) is 1.95. The van der Waals surface area contributed by atoms with Gasteiger partial charge in [0.1, 0.15) is 5.56 Å². The van der Waals surface area contributed by atoms with E-state index in [-0.39, 0.29) is 0 Å². The van der Waals surface area contributed by atoms with Crippen LogP contribution in [0.15, 0.2) is 31.0 Å². The minimum atomic E-state index is -0.390. The molecule has 7 heteroatoms. The number of nitrogens with zero attached hydrogens (tertiary/aromatic N) is 5. The largest absolute Gasteiger partial charge is 0.462 e. The second-order valence-electron chi connectivity index (χ2n) is 4.28. The molecule has 3 rings (SSSR count). The summed E-state index contributed by atoms with van der Waals surface area (Å²) in [4.78, 5) is 16.1. The number of hydrogen-bond acceptors (Lipinski definition) is 5. The number of carbonyl (C=O) groups is 1. The molecule has 7 nitrogen and oxygen atoms in total. The Bertz CT molecular complexity index is 774. The van der Waals surface area contributed by atoms with Crippen molar-refractivity contribution in [3.8, 4) is 11.3 Å². The number of carbonyl (C=O) groups excluding carboxylic acids is 1. The SMILES string of the molecule is CCOC(=O)c1cnn2cc(-c3cnn(C)c3)ncc12. The smallest absolute Gasteiger partial charge is 0.342 e. The molecule has 0 saturated heterocycles. The van der Waals surface area contributed by atoms with E-state index in [1.807, 2.05) is 13.2 Å². The topological polar surface area (TPSA) is 74.3 Å². The zero-order valence-electron chi connectivity index (χ0n) is 11.1. The third-order valence-corrected chi connectivity index (χ3v) is 2.90. The van der Waals surface area contributed by atoms with E-state index in [1.54, 1.807) is 34.7 Å². The molecule has 0 aliphatic carbocycles. The molecule has 0 aliphatic heterocycles. The monoisotopic (exact) mass is 271 g/mol. The highest BCUT2D eigenvalue weighted by Gasteiger charge is 2.14. The van der Waals surface area contributed by atoms with Gasteiger partial charge < -0.3 is 4.74 Å². The first-order valence-corrected chi connectivity index (χ1v) is 6.18. The van der Waals surface area contributed by atoms with Crippen LogP contribution in [0.2, 0.25) is 0 Å². The highest BCUT2D eigenvalue weighted by Crippen LogP contribution is 2.18. The van der Waals surface area contributed by atoms with Crippen molar-refractivity contribution in [3.63, 3.8) is 0 Å². The van der Waals surface area contributed by atoms with Crippen LogP contribution in [0.5, 0.6) is 0 Å². The van der Waals surface area contributed by atoms with Gasteiger partial charge in [-0.15, -0.1) is 0 Å². The van der Waals surface area contributed by atoms with Gasteiger partial charge in [0.15, 0.2) is 0 Å². The van der Waals surface area contributed by atoms with Crippen molar-refractivity contribution < 1.29 is 9.53 Å². The van der Waals surface area contributed by atoms with Crippen LogP contribution >= 0.6 is 0 Å². The van der Waals surface area contributed by atoms with Crippen LogP contribution in [0.1, 0.15) is 17.3 Å². The summed E-state index contributed by atoms with van der Waals surface area (Å²) in [6.07, 6.45) is 8.45. The van der Waals surface area contributed by atoms with Crippen LogP contribution in [-0.2, 0) is 11.8 Å². The molecule has 20 heavy (non-hydrogen) atoms. The lowest BCUT2D eigenvalue weighted by molar-refractivity contribution is 0.0528. The molecule has 0 aromatic carbocycles. The number of rotatable bonds is 3. The quantitative estimate of drug-likeness (QED) is 0.671. The third kappa shape index (κ3) is 2.03. The molecular weight excluding hydrogens is 258 g/mol. The minimum absolute atomic E-state index is 0.331. The molecule has 0 amide bonds. The summed E-state index contributed by atoms with van der Waals surface area (Å²) in [6, 6.07) is 0. The highest BCUT2D eigenvalue weighted by molar-refractivity contribution is 5.96. The zero-order valence-corrected chi connectivity index (χ0v) is 11.1. The van der Waals surface area contributed by atoms with Crippen molar-refractivity contribution >= 4 is 11.5 Å². The maximum atomic E-state index is 11.8. The Balaban J connectivity index is 2.03. The van der Waals surface area contributed by atoms with Gasteiger partial charge >= 0.3 is 5.97 Å². The summed E-state index contributed by atoms with van der Waals surface area (Å²) in [5, 5.41) is 8.27. The molecule has 0 atom stereocenters. The Labute approximate surface area is 114 Å². The van der Waals surface area contributed by atoms with Gasteiger partial charge in [0.05, 0.1) is 42.6 Å². The fourth-order valence-corrected chi connectivity index (χ4v) is 1.95. The van der Waals surface area contributed by atoms with Crippen molar-refractivity contribution in [2.24, 2.45) is 7.05 Å². The summed E-state index contributed by atoms with van der Waals surface area (Å²) in [5.41, 5.74) is 2.67. The van der Waals surface area contributed by atoms with Crippen molar-refractivity contribution in [1.82, 2.24) is 24.4 Å². The lowest BCUT2D eigenvalue weighted by atomic mass is 10.2. The normalized spacial score (nSPS) is 10.9. The molecule has 0 fully saturated rings. The standard InChI is InChI=1S/C13H13N5O2/c1-3-20-13(19)10-5-16-18-8-11(14-6-12(10)18)9-4-15-17(2)7-9/h4-8H,3H2,1-2H3. The molecule has 0 saturated carbocycles. The molecule has 0 unspecified atom stereocenters. The first-order valence-electron chi connectivity index (χ1n) is 6.18. The highest BCUT2D eigenvalue weighted by atomic mass is 16.5. The van der Waals surface area contributed by atoms with E-state index in [9.17, 15) is 4.79 Å². The molecule has 3 aromatic heterocycles. The molecule has 3 heterocycles. The maximum Gasteiger partial charge on any atom is 0.342 e. The second-order valence-corrected chi connectivity index (χ2v) is 4.28. The summed E-state index contributed by atoms with van der Waals surface area (Å²) >= 11 is 0. The summed E-state index contributed by atoms with van der Waals surface area (Å²) < 4.78 is 8.29. The van der Waals surface area contributed by atoms with Crippen molar-refractivity contribution in [3.05, 3.63) is 36.5 Å². The maximum absolute atomic E-state index is 11.8. The van der Waals surface area contributed by atoms with Crippen LogP contribution in [-0.4, -0.2) is 37.0 Å². The first kappa shape index (κ1) is 12.3. The van der Waals surface area contributed by atoms with Gasteiger partial charge in [-0.3, -0.25) is 9.67 Å². The van der Waals surface area contributed by atoms with E-state index in [0.29, 0.717) is 17.7 Å².